The Morgan fingerprint density at radius 1 is 0.917 bits per heavy atom. The molecule has 2 aromatic heterocycles. The van der Waals surface area contributed by atoms with Gasteiger partial charge in [-0.15, -0.1) is 0 Å². The minimum absolute atomic E-state index is 0.163. The Labute approximate surface area is 210 Å². The number of hydrogen-bond acceptors (Lipinski definition) is 5. The second-order valence-corrected chi connectivity index (χ2v) is 9.03. The number of fused-ring (bicyclic) bond motifs is 1. The van der Waals surface area contributed by atoms with Crippen molar-refractivity contribution in [1.29, 1.82) is 0 Å². The molecule has 1 amide bonds. The Hall–Kier alpha value is -4.07. The number of pyridine rings is 1. The second-order valence-electron chi connectivity index (χ2n) is 9.03. The molecule has 3 heterocycles. The van der Waals surface area contributed by atoms with Crippen molar-refractivity contribution < 1.29 is 13.9 Å². The van der Waals surface area contributed by atoms with E-state index in [9.17, 15) is 9.18 Å². The summed E-state index contributed by atoms with van der Waals surface area (Å²) in [6, 6.07) is 18.6. The van der Waals surface area contributed by atoms with Gasteiger partial charge in [0.15, 0.2) is 0 Å². The number of carbonyl (C=O) groups excluding carboxylic acids is 1. The Balaban J connectivity index is 1.09. The van der Waals surface area contributed by atoms with Crippen LogP contribution in [0.1, 0.15) is 21.7 Å². The molecule has 0 radical (unpaired) electrons. The Morgan fingerprint density at radius 2 is 1.53 bits per heavy atom. The molecule has 1 fully saturated rings. The molecule has 1 aliphatic heterocycles. The Bertz CT molecular complexity index is 1340. The number of aryl methyl sites for hydroxylation is 2. The number of amides is 1. The summed E-state index contributed by atoms with van der Waals surface area (Å²) < 4.78 is 20.9. The highest BCUT2D eigenvalue weighted by atomic mass is 19.1. The van der Waals surface area contributed by atoms with Crippen LogP contribution in [0, 0.1) is 19.7 Å². The van der Waals surface area contributed by atoms with Crippen molar-refractivity contribution >= 4 is 22.9 Å². The van der Waals surface area contributed by atoms with Gasteiger partial charge in [0.2, 0.25) is 0 Å². The van der Waals surface area contributed by atoms with Gasteiger partial charge >= 0.3 is 0 Å². The van der Waals surface area contributed by atoms with Crippen LogP contribution in [0.15, 0.2) is 66.9 Å². The van der Waals surface area contributed by atoms with Crippen LogP contribution in [0.3, 0.4) is 0 Å². The van der Waals surface area contributed by atoms with Gasteiger partial charge < -0.3 is 19.9 Å². The SMILES string of the molecule is Cc1ccc2nc(C)c(C(=O)NCCOc3ccc(N4CCN(c5ccc(F)cc5)CC4)cc3)n2c1. The van der Waals surface area contributed by atoms with E-state index in [-0.39, 0.29) is 11.7 Å². The zero-order valence-electron chi connectivity index (χ0n) is 20.6. The number of nitrogens with zero attached hydrogens (tertiary/aromatic N) is 4. The second kappa shape index (κ2) is 10.3. The van der Waals surface area contributed by atoms with Crippen LogP contribution >= 0.6 is 0 Å². The van der Waals surface area contributed by atoms with Gasteiger partial charge in [0.05, 0.1) is 12.2 Å². The number of ether oxygens (including phenoxy) is 1. The number of hydrogen-bond donors (Lipinski definition) is 1. The van der Waals surface area contributed by atoms with Crippen LogP contribution in [0.4, 0.5) is 15.8 Å². The van der Waals surface area contributed by atoms with Crippen molar-refractivity contribution in [2.24, 2.45) is 0 Å². The number of piperazine rings is 1. The van der Waals surface area contributed by atoms with E-state index in [2.05, 4.69) is 32.2 Å². The van der Waals surface area contributed by atoms with Crippen LogP contribution in [0.5, 0.6) is 5.75 Å². The number of rotatable bonds is 7. The standard InChI is InChI=1S/C28H30FN5O2/c1-20-3-12-26-31-21(2)27(34(26)19-20)28(35)30-13-18-36-25-10-8-24(9-11-25)33-16-14-32(15-17-33)23-6-4-22(29)5-7-23/h3-12,19H,13-18H2,1-2H3,(H,30,35). The predicted molar refractivity (Wildman–Crippen MR) is 140 cm³/mol. The molecule has 7 nitrogen and oxygen atoms in total. The van der Waals surface area contributed by atoms with Gasteiger partial charge in [-0.2, -0.15) is 0 Å². The molecule has 36 heavy (non-hydrogen) atoms. The molecule has 0 spiro atoms. The van der Waals surface area contributed by atoms with E-state index in [0.717, 1.165) is 54.5 Å². The molecule has 5 rings (SSSR count). The average Bonchev–Trinajstić information content (AvgIpc) is 3.22. The first-order valence-electron chi connectivity index (χ1n) is 12.2. The third kappa shape index (κ3) is 5.12. The summed E-state index contributed by atoms with van der Waals surface area (Å²) in [7, 11) is 0. The van der Waals surface area contributed by atoms with E-state index in [1.807, 2.05) is 60.8 Å². The minimum atomic E-state index is -0.209. The summed E-state index contributed by atoms with van der Waals surface area (Å²) in [5.74, 6) is 0.392. The van der Waals surface area contributed by atoms with E-state index in [0.29, 0.717) is 24.5 Å². The zero-order valence-corrected chi connectivity index (χ0v) is 20.6. The quantitative estimate of drug-likeness (QED) is 0.396. The smallest absolute Gasteiger partial charge is 0.270 e. The van der Waals surface area contributed by atoms with Crippen LogP contribution in [-0.2, 0) is 0 Å². The van der Waals surface area contributed by atoms with Crippen molar-refractivity contribution in [3.8, 4) is 5.75 Å². The monoisotopic (exact) mass is 487 g/mol. The molecular weight excluding hydrogens is 457 g/mol. The van der Waals surface area contributed by atoms with E-state index in [4.69, 9.17) is 4.74 Å². The molecule has 0 bridgehead atoms. The van der Waals surface area contributed by atoms with E-state index in [1.165, 1.54) is 12.1 Å². The highest BCUT2D eigenvalue weighted by Gasteiger charge is 2.18. The van der Waals surface area contributed by atoms with Crippen LogP contribution in [0.2, 0.25) is 0 Å². The fourth-order valence-electron chi connectivity index (χ4n) is 4.59. The fourth-order valence-corrected chi connectivity index (χ4v) is 4.59. The molecular formula is C28H30FN5O2. The number of carbonyl (C=O) groups is 1. The lowest BCUT2D eigenvalue weighted by Crippen LogP contribution is -2.46. The van der Waals surface area contributed by atoms with Gasteiger partial charge in [0.1, 0.15) is 29.5 Å². The van der Waals surface area contributed by atoms with Crippen LogP contribution in [-0.4, -0.2) is 54.6 Å². The molecule has 8 heteroatoms. The van der Waals surface area contributed by atoms with Gasteiger partial charge in [-0.25, -0.2) is 9.37 Å². The summed E-state index contributed by atoms with van der Waals surface area (Å²) in [4.78, 5) is 21.8. The lowest BCUT2D eigenvalue weighted by molar-refractivity contribution is 0.0940. The fraction of sp³-hybridized carbons (Fsp3) is 0.286. The molecule has 1 N–H and O–H groups in total. The molecule has 1 saturated heterocycles. The minimum Gasteiger partial charge on any atom is -0.492 e. The molecule has 186 valence electrons. The van der Waals surface area contributed by atoms with E-state index < -0.39 is 0 Å². The summed E-state index contributed by atoms with van der Waals surface area (Å²) in [6.45, 7) is 8.16. The van der Waals surface area contributed by atoms with Crippen molar-refractivity contribution in [1.82, 2.24) is 14.7 Å². The third-order valence-corrected chi connectivity index (χ3v) is 6.49. The number of anilines is 2. The molecule has 0 aliphatic carbocycles. The summed E-state index contributed by atoms with van der Waals surface area (Å²) in [5, 5.41) is 2.93. The van der Waals surface area contributed by atoms with Crippen molar-refractivity contribution in [2.45, 2.75) is 13.8 Å². The Kier molecular flexibility index (Phi) is 6.75. The highest BCUT2D eigenvalue weighted by Crippen LogP contribution is 2.23. The first kappa shape index (κ1) is 23.7. The van der Waals surface area contributed by atoms with Crippen LogP contribution < -0.4 is 19.9 Å². The molecule has 2 aromatic carbocycles. The molecule has 0 saturated carbocycles. The largest absolute Gasteiger partial charge is 0.492 e. The van der Waals surface area contributed by atoms with Crippen molar-refractivity contribution in [3.05, 3.63) is 89.6 Å². The predicted octanol–water partition coefficient (Wildman–Crippen LogP) is 4.23. The van der Waals surface area contributed by atoms with Crippen LogP contribution in [0.25, 0.3) is 5.65 Å². The third-order valence-electron chi connectivity index (χ3n) is 6.49. The summed E-state index contributed by atoms with van der Waals surface area (Å²) >= 11 is 0. The Morgan fingerprint density at radius 3 is 2.17 bits per heavy atom. The number of benzene rings is 2. The van der Waals surface area contributed by atoms with Gasteiger partial charge in [0.25, 0.3) is 5.91 Å². The number of imidazole rings is 1. The average molecular weight is 488 g/mol. The van der Waals surface area contributed by atoms with Crippen molar-refractivity contribution in [2.75, 3.05) is 49.1 Å². The van der Waals surface area contributed by atoms with Gasteiger partial charge in [-0.1, -0.05) is 6.07 Å². The topological polar surface area (TPSA) is 62.1 Å². The maximum atomic E-state index is 13.2. The number of halogens is 1. The molecule has 4 aromatic rings. The number of aromatic nitrogens is 2. The lowest BCUT2D eigenvalue weighted by Gasteiger charge is -2.37. The lowest BCUT2D eigenvalue weighted by atomic mass is 10.2. The summed E-state index contributed by atoms with van der Waals surface area (Å²) in [6.07, 6.45) is 1.92. The molecule has 1 aliphatic rings. The zero-order chi connectivity index (χ0) is 25.1. The first-order chi connectivity index (χ1) is 17.5. The van der Waals surface area contributed by atoms with Gasteiger partial charge in [0, 0.05) is 43.8 Å². The van der Waals surface area contributed by atoms with E-state index >= 15 is 0 Å². The molecule has 0 unspecified atom stereocenters. The number of nitrogens with one attached hydrogen (secondary N) is 1. The summed E-state index contributed by atoms with van der Waals surface area (Å²) in [5.41, 5.74) is 5.28. The van der Waals surface area contributed by atoms with Gasteiger partial charge in [-0.3, -0.25) is 9.20 Å². The van der Waals surface area contributed by atoms with Gasteiger partial charge in [-0.05, 0) is 74.0 Å². The maximum Gasteiger partial charge on any atom is 0.270 e. The van der Waals surface area contributed by atoms with E-state index in [1.54, 1.807) is 0 Å². The normalized spacial score (nSPS) is 13.8. The first-order valence-corrected chi connectivity index (χ1v) is 12.2. The molecule has 0 atom stereocenters. The maximum absolute atomic E-state index is 13.2. The highest BCUT2D eigenvalue weighted by molar-refractivity contribution is 5.94. The van der Waals surface area contributed by atoms with Crippen molar-refractivity contribution in [3.63, 3.8) is 0 Å².